The highest BCUT2D eigenvalue weighted by atomic mass is 16.5. The van der Waals surface area contributed by atoms with E-state index in [1.807, 2.05) is 17.9 Å². The Morgan fingerprint density at radius 1 is 1.39 bits per heavy atom. The first kappa shape index (κ1) is 19.1. The fourth-order valence-corrected chi connectivity index (χ4v) is 3.08. The number of pyridine rings is 1. The molecular weight excluding hydrogens is 358 g/mol. The number of fused-ring (bicyclic) bond motifs is 1. The third-order valence-corrected chi connectivity index (χ3v) is 4.51. The van der Waals surface area contributed by atoms with Crippen molar-refractivity contribution in [3.8, 4) is 23.1 Å². The molecule has 9 heteroatoms. The summed E-state index contributed by atoms with van der Waals surface area (Å²) in [6, 6.07) is 3.91. The molecule has 1 aliphatic heterocycles. The maximum absolute atomic E-state index is 10.8. The number of hydrogen-bond donors (Lipinski definition) is 1. The molecule has 144 valence electrons. The van der Waals surface area contributed by atoms with Gasteiger partial charge in [0.15, 0.2) is 0 Å². The smallest absolute Gasteiger partial charge is 0.245 e. The van der Waals surface area contributed by atoms with Gasteiger partial charge in [-0.1, -0.05) is 6.58 Å². The van der Waals surface area contributed by atoms with Crippen LogP contribution in [0.25, 0.3) is 16.8 Å². The fourth-order valence-electron chi connectivity index (χ4n) is 3.08. The number of nitrogens with zero attached hydrogens (tertiary/aromatic N) is 6. The van der Waals surface area contributed by atoms with Gasteiger partial charge in [-0.2, -0.15) is 25.8 Å². The monoisotopic (exact) mass is 379 g/mol. The number of nitrogens with one attached hydrogen (secondary N) is 1. The minimum atomic E-state index is 0.0764. The van der Waals surface area contributed by atoms with Gasteiger partial charge in [0.25, 0.3) is 0 Å². The number of hydrogen-bond acceptors (Lipinski definition) is 6. The molecule has 28 heavy (non-hydrogen) atoms. The van der Waals surface area contributed by atoms with Gasteiger partial charge in [0.1, 0.15) is 28.6 Å². The quantitative estimate of drug-likeness (QED) is 0.698. The molecule has 0 atom stereocenters. The van der Waals surface area contributed by atoms with Crippen LogP contribution in [-0.2, 0) is 4.79 Å². The minimum Gasteiger partial charge on any atom is -0.494 e. The zero-order chi connectivity index (χ0) is 20.1. The van der Waals surface area contributed by atoms with Crippen LogP contribution in [-0.4, -0.2) is 56.0 Å². The van der Waals surface area contributed by atoms with Crippen LogP contribution in [0.4, 0.5) is 0 Å². The molecule has 0 aliphatic carbocycles. The maximum atomic E-state index is 10.8. The molecule has 1 amide bonds. The highest BCUT2D eigenvalue weighted by Crippen LogP contribution is 2.29. The summed E-state index contributed by atoms with van der Waals surface area (Å²) in [6.45, 7) is 7.12. The predicted octanol–water partition coefficient (Wildman–Crippen LogP) is 2.10. The van der Waals surface area contributed by atoms with E-state index in [9.17, 15) is 4.79 Å². The highest BCUT2D eigenvalue weighted by Gasteiger charge is 2.15. The molecule has 1 aliphatic rings. The molecule has 0 spiro atoms. The number of aryl methyl sites for hydroxylation is 1. The Bertz CT molecular complexity index is 1040. The summed E-state index contributed by atoms with van der Waals surface area (Å²) in [7, 11) is 1.56. The van der Waals surface area contributed by atoms with Crippen molar-refractivity contribution in [2.75, 3.05) is 20.2 Å². The first-order chi connectivity index (χ1) is 13.6. The van der Waals surface area contributed by atoms with E-state index in [0.29, 0.717) is 16.8 Å². The van der Waals surface area contributed by atoms with Crippen LogP contribution in [0.5, 0.6) is 5.75 Å². The Hall–Kier alpha value is -3.67. The first-order valence-corrected chi connectivity index (χ1v) is 8.83. The van der Waals surface area contributed by atoms with Crippen LogP contribution < -0.4 is 4.74 Å². The van der Waals surface area contributed by atoms with Gasteiger partial charge in [-0.15, -0.1) is 0 Å². The zero-order valence-corrected chi connectivity index (χ0v) is 15.8. The molecule has 0 radical (unpaired) electrons. The molecule has 1 N–H and O–H groups in total. The van der Waals surface area contributed by atoms with Crippen molar-refractivity contribution < 1.29 is 9.53 Å². The second-order valence-electron chi connectivity index (χ2n) is 6.25. The van der Waals surface area contributed by atoms with Crippen molar-refractivity contribution in [3.05, 3.63) is 42.4 Å². The van der Waals surface area contributed by atoms with Crippen molar-refractivity contribution in [2.24, 2.45) is 0 Å². The number of amides is 1. The number of ether oxygens (including phenoxy) is 1. The van der Waals surface area contributed by atoms with Gasteiger partial charge in [-0.3, -0.25) is 4.79 Å². The van der Waals surface area contributed by atoms with E-state index in [4.69, 9.17) is 10.00 Å². The number of H-pyrrole nitrogens is 1. The average Bonchev–Trinajstić information content (AvgIpc) is 3.47. The van der Waals surface area contributed by atoms with E-state index in [1.165, 1.54) is 12.3 Å². The second kappa shape index (κ2) is 8.35. The third-order valence-electron chi connectivity index (χ3n) is 4.51. The van der Waals surface area contributed by atoms with Crippen LogP contribution in [0.2, 0.25) is 0 Å². The van der Waals surface area contributed by atoms with Gasteiger partial charge in [0, 0.05) is 24.8 Å². The summed E-state index contributed by atoms with van der Waals surface area (Å²) in [5, 5.41) is 23.9. The molecule has 1 saturated heterocycles. The van der Waals surface area contributed by atoms with Gasteiger partial charge in [0.05, 0.1) is 19.0 Å². The van der Waals surface area contributed by atoms with Crippen molar-refractivity contribution in [1.82, 2.24) is 29.9 Å². The van der Waals surface area contributed by atoms with Crippen LogP contribution >= 0.6 is 0 Å². The molecule has 4 rings (SSSR count). The molecule has 9 nitrogen and oxygen atoms in total. The molecule has 3 aromatic heterocycles. The lowest BCUT2D eigenvalue weighted by Crippen LogP contribution is -2.25. The molecule has 4 heterocycles. The van der Waals surface area contributed by atoms with Crippen molar-refractivity contribution in [3.63, 3.8) is 0 Å². The maximum Gasteiger partial charge on any atom is 0.245 e. The van der Waals surface area contributed by atoms with Gasteiger partial charge in [-0.05, 0) is 31.9 Å². The number of nitriles is 1. The Morgan fingerprint density at radius 2 is 2.14 bits per heavy atom. The Morgan fingerprint density at radius 3 is 2.71 bits per heavy atom. The lowest BCUT2D eigenvalue weighted by atomic mass is 10.1. The van der Waals surface area contributed by atoms with E-state index in [-0.39, 0.29) is 5.91 Å². The molecule has 0 saturated carbocycles. The average molecular weight is 379 g/mol. The molecule has 0 aromatic carbocycles. The number of aromatic nitrogens is 5. The number of methoxy groups -OCH3 is 1. The van der Waals surface area contributed by atoms with Crippen LogP contribution in [0.3, 0.4) is 0 Å². The lowest BCUT2D eigenvalue weighted by molar-refractivity contribution is -0.124. The summed E-state index contributed by atoms with van der Waals surface area (Å²) >= 11 is 0. The zero-order valence-electron chi connectivity index (χ0n) is 15.8. The van der Waals surface area contributed by atoms with Gasteiger partial charge < -0.3 is 9.64 Å². The first-order valence-electron chi connectivity index (χ1n) is 8.83. The lowest BCUT2D eigenvalue weighted by Gasteiger charge is -2.10. The Labute approximate surface area is 162 Å². The van der Waals surface area contributed by atoms with Crippen LogP contribution in [0, 0.1) is 18.3 Å². The molecule has 0 unspecified atom stereocenters. The summed E-state index contributed by atoms with van der Waals surface area (Å²) in [5.41, 5.74) is 3.46. The van der Waals surface area contributed by atoms with E-state index in [2.05, 4.69) is 33.2 Å². The predicted molar refractivity (Wildman–Crippen MR) is 103 cm³/mol. The summed E-state index contributed by atoms with van der Waals surface area (Å²) in [6.07, 6.45) is 6.99. The fraction of sp³-hybridized carbons (Fsp3) is 0.316. The molecule has 0 bridgehead atoms. The van der Waals surface area contributed by atoms with E-state index in [0.717, 1.165) is 42.9 Å². The topological polar surface area (TPSA) is 112 Å². The van der Waals surface area contributed by atoms with E-state index >= 15 is 0 Å². The van der Waals surface area contributed by atoms with Crippen LogP contribution in [0.1, 0.15) is 24.1 Å². The van der Waals surface area contributed by atoms with Gasteiger partial charge >= 0.3 is 0 Å². The second-order valence-corrected chi connectivity index (χ2v) is 6.25. The Kier molecular flexibility index (Phi) is 5.69. The number of likely N-dealkylation sites (tertiary alicyclic amines) is 1. The highest BCUT2D eigenvalue weighted by molar-refractivity contribution is 5.87. The summed E-state index contributed by atoms with van der Waals surface area (Å²) < 4.78 is 6.95. The normalized spacial score (nSPS) is 13.0. The number of aromatic amines is 1. The minimum absolute atomic E-state index is 0.0764. The standard InChI is InChI=1S/C12H10N6O.C7H11NO/c1-7-11(16-17-15-7)8-3-10(19-2)12-9(4-13)5-14-18(12)6-8;1-2-7(9)8-5-3-4-6-8/h3,5-6H,1-2H3,(H,15,16,17);2H,1,3-6H2. The van der Waals surface area contributed by atoms with Crippen molar-refractivity contribution in [2.45, 2.75) is 19.8 Å². The van der Waals surface area contributed by atoms with E-state index < -0.39 is 0 Å². The Balaban J connectivity index is 0.000000211. The van der Waals surface area contributed by atoms with Crippen molar-refractivity contribution in [1.29, 1.82) is 5.26 Å². The number of carbonyl (C=O) groups excluding carboxylic acids is 1. The summed E-state index contributed by atoms with van der Waals surface area (Å²) in [4.78, 5) is 12.6. The van der Waals surface area contributed by atoms with Crippen molar-refractivity contribution >= 4 is 11.4 Å². The number of rotatable bonds is 3. The SMILES string of the molecule is C=CC(=O)N1CCCC1.COc1cc(-c2n[nH]nc2C)cn2ncc(C#N)c12. The molecule has 3 aromatic rings. The largest absolute Gasteiger partial charge is 0.494 e. The third kappa shape index (κ3) is 3.71. The van der Waals surface area contributed by atoms with Gasteiger partial charge in [-0.25, -0.2) is 4.52 Å². The number of carbonyl (C=O) groups is 1. The molecule has 1 fully saturated rings. The molecular formula is C19H21N7O2. The van der Waals surface area contributed by atoms with Crippen LogP contribution in [0.15, 0.2) is 31.1 Å². The van der Waals surface area contributed by atoms with E-state index in [1.54, 1.807) is 17.8 Å². The summed E-state index contributed by atoms with van der Waals surface area (Å²) in [5.74, 6) is 0.654. The van der Waals surface area contributed by atoms with Gasteiger partial charge in [0.2, 0.25) is 5.91 Å².